The van der Waals surface area contributed by atoms with Crippen LogP contribution in [0, 0.1) is 5.92 Å². The first-order valence-electron chi connectivity index (χ1n) is 9.07. The fourth-order valence-electron chi connectivity index (χ4n) is 4.28. The van der Waals surface area contributed by atoms with E-state index < -0.39 is 5.60 Å². The summed E-state index contributed by atoms with van der Waals surface area (Å²) in [5, 5.41) is 10.1. The van der Waals surface area contributed by atoms with Crippen molar-refractivity contribution in [2.24, 2.45) is 5.92 Å². The zero-order valence-corrected chi connectivity index (χ0v) is 14.3. The number of phenols is 1. The summed E-state index contributed by atoms with van der Waals surface area (Å²) in [5.41, 5.74) is 1.38. The van der Waals surface area contributed by atoms with Crippen LogP contribution in [-0.2, 0) is 27.2 Å². The lowest BCUT2D eigenvalue weighted by molar-refractivity contribution is -0.178. The average molecular weight is 330 g/mol. The average Bonchev–Trinajstić information content (AvgIpc) is 3.08. The molecule has 1 N–H and O–H groups in total. The van der Waals surface area contributed by atoms with E-state index in [1.165, 1.54) is 5.56 Å². The van der Waals surface area contributed by atoms with Crippen molar-refractivity contribution in [2.45, 2.75) is 70.3 Å². The molecule has 0 aromatic heterocycles. The largest absolute Gasteiger partial charge is 0.508 e. The van der Waals surface area contributed by atoms with Crippen molar-refractivity contribution in [1.29, 1.82) is 0 Å². The lowest BCUT2D eigenvalue weighted by atomic mass is 9.76. The first kappa shape index (κ1) is 17.0. The number of hydrogen-bond acceptors (Lipinski definition) is 4. The third-order valence-corrected chi connectivity index (χ3v) is 5.62. The minimum atomic E-state index is -0.669. The van der Waals surface area contributed by atoms with Crippen molar-refractivity contribution >= 4 is 11.8 Å². The number of Topliss-reactive ketones (excluding diaryl/α,β-unsaturated/α-hetero) is 1. The van der Waals surface area contributed by atoms with Crippen LogP contribution in [-0.4, -0.2) is 22.5 Å². The van der Waals surface area contributed by atoms with Gasteiger partial charge in [-0.15, -0.1) is 0 Å². The number of rotatable bonds is 5. The van der Waals surface area contributed by atoms with Gasteiger partial charge in [-0.05, 0) is 55.2 Å². The molecule has 1 aliphatic heterocycles. The molecule has 3 rings (SSSR count). The molecular formula is C20H26O4. The summed E-state index contributed by atoms with van der Waals surface area (Å²) in [4.78, 5) is 24.0. The van der Waals surface area contributed by atoms with Gasteiger partial charge in [0.1, 0.15) is 23.6 Å². The van der Waals surface area contributed by atoms with Gasteiger partial charge in [0.25, 0.3) is 0 Å². The number of phenolic OH excluding ortho intramolecular Hbond substituents is 1. The van der Waals surface area contributed by atoms with Crippen LogP contribution in [0.4, 0.5) is 0 Å². The smallest absolute Gasteiger partial charge is 0.313 e. The monoisotopic (exact) mass is 330 g/mol. The third-order valence-electron chi connectivity index (χ3n) is 5.62. The Morgan fingerprint density at radius 2 is 2.00 bits per heavy atom. The Bertz CT molecular complexity index is 613. The molecule has 1 heterocycles. The van der Waals surface area contributed by atoms with Gasteiger partial charge in [-0.25, -0.2) is 0 Å². The standard InChI is InChI=1S/C20H26O4/c1-2-14-7-8-18(22)15(11-14)9-10-20(16-5-3-4-6-16)13-17(21)12-19(23)24-20/h7-8,11,16,22H,2-6,9-10,12-13H2,1H3. The number of ketones is 1. The Balaban J connectivity index is 1.82. The Labute approximate surface area is 143 Å². The van der Waals surface area contributed by atoms with Crippen LogP contribution in [0.1, 0.15) is 63.0 Å². The van der Waals surface area contributed by atoms with E-state index in [4.69, 9.17) is 4.74 Å². The number of ether oxygens (including phenoxy) is 1. The number of aryl methyl sites for hydroxylation is 2. The quantitative estimate of drug-likeness (QED) is 0.660. The molecule has 1 unspecified atom stereocenters. The normalized spacial score (nSPS) is 25.0. The minimum absolute atomic E-state index is 0.00955. The fraction of sp³-hybridized carbons (Fsp3) is 0.600. The molecule has 0 spiro atoms. The Morgan fingerprint density at radius 3 is 2.67 bits per heavy atom. The van der Waals surface area contributed by atoms with E-state index in [1.54, 1.807) is 6.07 Å². The SMILES string of the molecule is CCc1ccc(O)c(CCC2(C3CCCC3)CC(=O)CC(=O)O2)c1. The molecule has 1 aromatic rings. The van der Waals surface area contributed by atoms with Gasteiger partial charge in [0.2, 0.25) is 0 Å². The van der Waals surface area contributed by atoms with E-state index in [0.29, 0.717) is 19.3 Å². The Kier molecular flexibility index (Phi) is 4.93. The second-order valence-corrected chi connectivity index (χ2v) is 7.23. The van der Waals surface area contributed by atoms with Crippen molar-refractivity contribution in [3.8, 4) is 5.75 Å². The highest BCUT2D eigenvalue weighted by Crippen LogP contribution is 2.44. The maximum atomic E-state index is 12.1. The van der Waals surface area contributed by atoms with Crippen LogP contribution < -0.4 is 0 Å². The minimum Gasteiger partial charge on any atom is -0.508 e. The van der Waals surface area contributed by atoms with Gasteiger partial charge in [0, 0.05) is 6.42 Å². The van der Waals surface area contributed by atoms with Crippen molar-refractivity contribution < 1.29 is 19.4 Å². The third kappa shape index (κ3) is 3.47. The van der Waals surface area contributed by atoms with E-state index in [9.17, 15) is 14.7 Å². The second kappa shape index (κ2) is 6.96. The molecule has 0 bridgehead atoms. The molecule has 1 saturated carbocycles. The van der Waals surface area contributed by atoms with Gasteiger partial charge in [-0.1, -0.05) is 31.9 Å². The van der Waals surface area contributed by atoms with Crippen molar-refractivity contribution in [3.63, 3.8) is 0 Å². The predicted molar refractivity (Wildman–Crippen MR) is 90.8 cm³/mol. The van der Waals surface area contributed by atoms with E-state index >= 15 is 0 Å². The van der Waals surface area contributed by atoms with E-state index in [-0.39, 0.29) is 29.8 Å². The van der Waals surface area contributed by atoms with E-state index in [1.807, 2.05) is 12.1 Å². The van der Waals surface area contributed by atoms with Crippen LogP contribution in [0.3, 0.4) is 0 Å². The highest BCUT2D eigenvalue weighted by Gasteiger charge is 2.47. The van der Waals surface area contributed by atoms with Gasteiger partial charge >= 0.3 is 5.97 Å². The zero-order valence-electron chi connectivity index (χ0n) is 14.3. The molecule has 130 valence electrons. The van der Waals surface area contributed by atoms with Gasteiger partial charge in [-0.2, -0.15) is 0 Å². The summed E-state index contributed by atoms with van der Waals surface area (Å²) in [6.45, 7) is 2.08. The molecular weight excluding hydrogens is 304 g/mol. The molecule has 1 atom stereocenters. The van der Waals surface area contributed by atoms with Crippen LogP contribution in [0.2, 0.25) is 0 Å². The van der Waals surface area contributed by atoms with Crippen LogP contribution in [0.15, 0.2) is 18.2 Å². The van der Waals surface area contributed by atoms with Gasteiger partial charge in [0.15, 0.2) is 0 Å². The van der Waals surface area contributed by atoms with Gasteiger partial charge in [-0.3, -0.25) is 9.59 Å². The first-order valence-corrected chi connectivity index (χ1v) is 9.07. The first-order chi connectivity index (χ1) is 11.5. The summed E-state index contributed by atoms with van der Waals surface area (Å²) >= 11 is 0. The van der Waals surface area contributed by atoms with Crippen molar-refractivity contribution in [2.75, 3.05) is 0 Å². The maximum absolute atomic E-state index is 12.1. The molecule has 0 amide bonds. The molecule has 4 heteroatoms. The number of aromatic hydroxyl groups is 1. The van der Waals surface area contributed by atoms with Crippen LogP contribution in [0.25, 0.3) is 0 Å². The summed E-state index contributed by atoms with van der Waals surface area (Å²) in [6, 6.07) is 5.67. The summed E-state index contributed by atoms with van der Waals surface area (Å²) < 4.78 is 5.81. The number of benzene rings is 1. The number of cyclic esters (lactones) is 1. The summed E-state index contributed by atoms with van der Waals surface area (Å²) in [7, 11) is 0. The molecule has 4 nitrogen and oxygen atoms in total. The molecule has 24 heavy (non-hydrogen) atoms. The lowest BCUT2D eigenvalue weighted by Crippen LogP contribution is -2.48. The molecule has 1 aromatic carbocycles. The summed E-state index contributed by atoms with van der Waals surface area (Å²) in [5.74, 6) is 0.152. The highest BCUT2D eigenvalue weighted by atomic mass is 16.6. The van der Waals surface area contributed by atoms with Gasteiger partial charge < -0.3 is 9.84 Å². The maximum Gasteiger partial charge on any atom is 0.313 e. The Hall–Kier alpha value is -1.84. The van der Waals surface area contributed by atoms with Gasteiger partial charge in [0.05, 0.1) is 0 Å². The molecule has 2 aliphatic rings. The molecule has 1 aliphatic carbocycles. The highest BCUT2D eigenvalue weighted by molar-refractivity contribution is 5.98. The molecule has 1 saturated heterocycles. The fourth-order valence-corrected chi connectivity index (χ4v) is 4.28. The lowest BCUT2D eigenvalue weighted by Gasteiger charge is -2.41. The molecule has 2 fully saturated rings. The van der Waals surface area contributed by atoms with Crippen LogP contribution >= 0.6 is 0 Å². The Morgan fingerprint density at radius 1 is 1.25 bits per heavy atom. The number of esters is 1. The zero-order chi connectivity index (χ0) is 17.2. The summed E-state index contributed by atoms with van der Waals surface area (Å²) in [6.07, 6.45) is 6.68. The predicted octanol–water partition coefficient (Wildman–Crippen LogP) is 3.72. The molecule has 0 radical (unpaired) electrons. The van der Waals surface area contributed by atoms with Crippen LogP contribution in [0.5, 0.6) is 5.75 Å². The van der Waals surface area contributed by atoms with E-state index in [2.05, 4.69) is 6.92 Å². The van der Waals surface area contributed by atoms with E-state index in [0.717, 1.165) is 37.7 Å². The topological polar surface area (TPSA) is 63.6 Å². The number of carbonyl (C=O) groups excluding carboxylic acids is 2. The van der Waals surface area contributed by atoms with Crippen molar-refractivity contribution in [3.05, 3.63) is 29.3 Å². The van der Waals surface area contributed by atoms with Crippen molar-refractivity contribution in [1.82, 2.24) is 0 Å². The number of hydrogen-bond donors (Lipinski definition) is 1. The second-order valence-electron chi connectivity index (χ2n) is 7.23. The number of carbonyl (C=O) groups is 2.